The lowest BCUT2D eigenvalue weighted by Crippen LogP contribution is -2.37. The van der Waals surface area contributed by atoms with E-state index in [1.807, 2.05) is 16.7 Å². The van der Waals surface area contributed by atoms with Crippen molar-refractivity contribution in [3.05, 3.63) is 58.0 Å². The summed E-state index contributed by atoms with van der Waals surface area (Å²) in [5.41, 5.74) is 7.74. The smallest absolute Gasteiger partial charge is 0.254 e. The Hall–Kier alpha value is -3.30. The lowest BCUT2D eigenvalue weighted by Gasteiger charge is -2.26. The number of hydrogen-bond acceptors (Lipinski definition) is 7. The Morgan fingerprint density at radius 3 is 2.57 bits per heavy atom. The first-order valence-corrected chi connectivity index (χ1v) is 12.5. The number of benzene rings is 1. The van der Waals surface area contributed by atoms with Crippen LogP contribution in [-0.2, 0) is 11.2 Å². The van der Waals surface area contributed by atoms with E-state index in [9.17, 15) is 9.59 Å². The van der Waals surface area contributed by atoms with Crippen LogP contribution in [0.3, 0.4) is 0 Å². The summed E-state index contributed by atoms with van der Waals surface area (Å²) in [6, 6.07) is 8.44. The maximum absolute atomic E-state index is 12.9. The summed E-state index contributed by atoms with van der Waals surface area (Å²) in [4.78, 5) is 36.3. The number of nitrogens with one attached hydrogen (secondary N) is 1. The third kappa shape index (κ3) is 5.36. The normalized spacial score (nSPS) is 17.5. The molecule has 35 heavy (non-hydrogen) atoms. The highest BCUT2D eigenvalue weighted by atomic mass is 16.5. The molecule has 2 aromatic heterocycles. The van der Waals surface area contributed by atoms with Crippen LogP contribution in [0.4, 0.5) is 11.6 Å². The van der Waals surface area contributed by atoms with E-state index < -0.39 is 11.3 Å². The molecule has 1 amide bonds. The van der Waals surface area contributed by atoms with Gasteiger partial charge in [0.2, 0.25) is 11.4 Å². The van der Waals surface area contributed by atoms with Crippen molar-refractivity contribution in [1.82, 2.24) is 19.4 Å². The number of carbonyl (C=O) groups is 1. The average Bonchev–Trinajstić information content (AvgIpc) is 2.89. The Balaban J connectivity index is 1.37. The summed E-state index contributed by atoms with van der Waals surface area (Å²) >= 11 is 0. The zero-order valence-electron chi connectivity index (χ0n) is 19.9. The first kappa shape index (κ1) is 23.4. The number of pyridine rings is 1. The van der Waals surface area contributed by atoms with E-state index in [1.54, 1.807) is 6.20 Å². The molecule has 0 bridgehead atoms. The molecule has 2 aliphatic rings. The molecule has 184 valence electrons. The van der Waals surface area contributed by atoms with Crippen LogP contribution in [0.2, 0.25) is 0 Å². The molecule has 9 heteroatoms. The van der Waals surface area contributed by atoms with Crippen molar-refractivity contribution in [1.29, 1.82) is 0 Å². The van der Waals surface area contributed by atoms with Gasteiger partial charge in [0.25, 0.3) is 5.91 Å². The van der Waals surface area contributed by atoms with Gasteiger partial charge in [0.1, 0.15) is 11.2 Å². The van der Waals surface area contributed by atoms with E-state index >= 15 is 0 Å². The van der Waals surface area contributed by atoms with Crippen LogP contribution in [-0.4, -0.2) is 58.2 Å². The Kier molecular flexibility index (Phi) is 7.06. The van der Waals surface area contributed by atoms with Gasteiger partial charge in [0, 0.05) is 43.8 Å². The minimum atomic E-state index is -0.725. The quantitative estimate of drug-likeness (QED) is 0.539. The second-order valence-electron chi connectivity index (χ2n) is 9.39. The molecule has 0 spiro atoms. The van der Waals surface area contributed by atoms with Crippen LogP contribution in [0.5, 0.6) is 0 Å². The first-order chi connectivity index (χ1) is 17.1. The summed E-state index contributed by atoms with van der Waals surface area (Å²) in [6.07, 6.45) is 9.45. The maximum Gasteiger partial charge on any atom is 0.254 e. The molecule has 0 unspecified atom stereocenters. The van der Waals surface area contributed by atoms with Crippen molar-refractivity contribution in [3.63, 3.8) is 0 Å². The van der Waals surface area contributed by atoms with Gasteiger partial charge in [-0.15, -0.1) is 0 Å². The van der Waals surface area contributed by atoms with Gasteiger partial charge in [-0.25, -0.2) is 4.98 Å². The summed E-state index contributed by atoms with van der Waals surface area (Å²) in [5.74, 6) is -0.313. The zero-order valence-corrected chi connectivity index (χ0v) is 19.9. The number of aromatic nitrogens is 3. The molecular formula is C26H32N6O3. The fourth-order valence-corrected chi connectivity index (χ4v) is 5.00. The second kappa shape index (κ2) is 10.5. The van der Waals surface area contributed by atoms with Gasteiger partial charge >= 0.3 is 0 Å². The molecule has 9 nitrogen and oxygen atoms in total. The number of nitrogens with two attached hydrogens (primary N) is 1. The van der Waals surface area contributed by atoms with E-state index in [1.165, 1.54) is 18.2 Å². The number of amides is 1. The lowest BCUT2D eigenvalue weighted by atomic mass is 9.95. The predicted molar refractivity (Wildman–Crippen MR) is 135 cm³/mol. The maximum atomic E-state index is 12.9. The largest absolute Gasteiger partial charge is 0.379 e. The number of morpholine rings is 1. The van der Waals surface area contributed by atoms with Crippen molar-refractivity contribution in [2.24, 2.45) is 5.73 Å². The fourth-order valence-electron chi connectivity index (χ4n) is 5.00. The van der Waals surface area contributed by atoms with Crippen LogP contribution in [0.1, 0.15) is 54.1 Å². The van der Waals surface area contributed by atoms with Crippen LogP contribution in [0.25, 0.3) is 11.0 Å². The van der Waals surface area contributed by atoms with Crippen molar-refractivity contribution in [3.8, 4) is 0 Å². The molecule has 3 N–H and O–H groups in total. The van der Waals surface area contributed by atoms with Crippen molar-refractivity contribution in [2.45, 2.75) is 44.6 Å². The van der Waals surface area contributed by atoms with Gasteiger partial charge in [0.05, 0.1) is 18.6 Å². The minimum Gasteiger partial charge on any atom is -0.379 e. The van der Waals surface area contributed by atoms with Crippen molar-refractivity contribution in [2.75, 3.05) is 38.2 Å². The minimum absolute atomic E-state index is 0.0138. The molecule has 0 atom stereocenters. The van der Waals surface area contributed by atoms with E-state index in [-0.39, 0.29) is 11.6 Å². The highest BCUT2D eigenvalue weighted by Crippen LogP contribution is 2.30. The molecule has 1 saturated carbocycles. The van der Waals surface area contributed by atoms with E-state index in [4.69, 9.17) is 15.5 Å². The number of carbonyl (C=O) groups excluding carboxylic acids is 1. The average molecular weight is 477 g/mol. The highest BCUT2D eigenvalue weighted by molar-refractivity contribution is 5.95. The number of hydrogen-bond donors (Lipinski definition) is 2. The summed E-state index contributed by atoms with van der Waals surface area (Å²) in [7, 11) is 0. The second-order valence-corrected chi connectivity index (χ2v) is 9.39. The number of nitrogens with zero attached hydrogens (tertiary/aromatic N) is 4. The predicted octanol–water partition coefficient (Wildman–Crippen LogP) is 3.01. The molecule has 0 radical (unpaired) electrons. The molecule has 1 saturated heterocycles. The van der Waals surface area contributed by atoms with Gasteiger partial charge < -0.3 is 20.4 Å². The summed E-state index contributed by atoms with van der Waals surface area (Å²) < 4.78 is 7.37. The third-order valence-corrected chi connectivity index (χ3v) is 7.03. The van der Waals surface area contributed by atoms with Crippen molar-refractivity contribution >= 4 is 28.6 Å². The first-order valence-electron chi connectivity index (χ1n) is 12.5. The van der Waals surface area contributed by atoms with Gasteiger partial charge in [-0.1, -0.05) is 31.4 Å². The highest BCUT2D eigenvalue weighted by Gasteiger charge is 2.22. The number of primary amides is 1. The third-order valence-electron chi connectivity index (χ3n) is 7.03. The van der Waals surface area contributed by atoms with Crippen LogP contribution in [0.15, 0.2) is 41.5 Å². The van der Waals surface area contributed by atoms with Crippen LogP contribution >= 0.6 is 0 Å². The molecule has 2 fully saturated rings. The molecule has 5 rings (SSSR count). The lowest BCUT2D eigenvalue weighted by molar-refractivity contribution is 0.0384. The standard InChI is InChI=1S/C26H32N6O3/c27-24(34)22-17-32(20-4-2-1-3-5-20)25-21(23(22)33)16-28-26(30-25)29-19-8-6-18(7-9-19)10-11-31-12-14-35-15-13-31/h6-9,16-17,20H,1-5,10-15H2,(H2,27,34)(H,28,29,30). The molecular weight excluding hydrogens is 444 g/mol. The molecule has 1 aromatic carbocycles. The summed E-state index contributed by atoms with van der Waals surface area (Å²) in [6.45, 7) is 4.63. The van der Waals surface area contributed by atoms with E-state index in [0.29, 0.717) is 17.0 Å². The molecule has 1 aliphatic carbocycles. The number of rotatable bonds is 7. The summed E-state index contributed by atoms with van der Waals surface area (Å²) in [5, 5.41) is 3.58. The fraction of sp³-hybridized carbons (Fsp3) is 0.462. The van der Waals surface area contributed by atoms with Crippen molar-refractivity contribution < 1.29 is 9.53 Å². The molecule has 3 aromatic rings. The van der Waals surface area contributed by atoms with E-state index in [0.717, 1.165) is 70.6 Å². The Morgan fingerprint density at radius 2 is 1.86 bits per heavy atom. The Labute approximate surface area is 204 Å². The SMILES string of the molecule is NC(=O)c1cn(C2CCCCC2)c2nc(Nc3ccc(CCN4CCOCC4)cc3)ncc2c1=O. The topological polar surface area (TPSA) is 115 Å². The number of anilines is 2. The number of ether oxygens (including phenoxy) is 1. The van der Waals surface area contributed by atoms with E-state index in [2.05, 4.69) is 27.3 Å². The van der Waals surface area contributed by atoms with Gasteiger partial charge in [-0.2, -0.15) is 4.98 Å². The number of fused-ring (bicyclic) bond motifs is 1. The molecule has 3 heterocycles. The Bertz CT molecular complexity index is 1240. The van der Waals surface area contributed by atoms with Crippen LogP contribution < -0.4 is 16.5 Å². The molecule has 1 aliphatic heterocycles. The van der Waals surface area contributed by atoms with Gasteiger partial charge in [-0.05, 0) is 37.0 Å². The van der Waals surface area contributed by atoms with Gasteiger partial charge in [0.15, 0.2) is 0 Å². The van der Waals surface area contributed by atoms with Crippen LogP contribution in [0, 0.1) is 0 Å². The zero-order chi connectivity index (χ0) is 24.2. The van der Waals surface area contributed by atoms with Gasteiger partial charge in [-0.3, -0.25) is 14.5 Å². The monoisotopic (exact) mass is 476 g/mol. The Morgan fingerprint density at radius 1 is 1.11 bits per heavy atom.